The summed E-state index contributed by atoms with van der Waals surface area (Å²) in [6.07, 6.45) is 3.25. The van der Waals surface area contributed by atoms with Crippen molar-refractivity contribution in [2.45, 2.75) is 44.8 Å². The minimum Gasteiger partial charge on any atom is -0.327 e. The fraction of sp³-hybridized carbons (Fsp3) is 0.571. The lowest BCUT2D eigenvalue weighted by Crippen LogP contribution is -2.48. The maximum Gasteiger partial charge on any atom is 0.272 e. The third kappa shape index (κ3) is 3.32. The second-order valence-electron chi connectivity index (χ2n) is 5.43. The third-order valence-electron chi connectivity index (χ3n) is 3.89. The lowest BCUT2D eigenvalue weighted by atomic mass is 9.96. The first-order valence-electron chi connectivity index (χ1n) is 6.91. The van der Waals surface area contributed by atoms with Crippen LogP contribution in [-0.4, -0.2) is 28.5 Å². The van der Waals surface area contributed by atoms with Crippen LogP contribution >= 0.6 is 0 Å². The Balaban J connectivity index is 2.14. The molecular formula is C14H20FN3O2. The number of nitrogens with two attached hydrogens (primary N) is 1. The average molecular weight is 281 g/mol. The van der Waals surface area contributed by atoms with E-state index in [0.717, 1.165) is 31.9 Å². The van der Waals surface area contributed by atoms with Crippen molar-refractivity contribution in [3.8, 4) is 0 Å². The summed E-state index contributed by atoms with van der Waals surface area (Å²) in [5.74, 6) is -0.520. The summed E-state index contributed by atoms with van der Waals surface area (Å²) in [6, 6.07) is 4.12. The number of benzene rings is 1. The molecule has 1 fully saturated rings. The summed E-state index contributed by atoms with van der Waals surface area (Å²) >= 11 is 0. The Morgan fingerprint density at radius 3 is 2.90 bits per heavy atom. The van der Waals surface area contributed by atoms with E-state index in [1.807, 2.05) is 6.92 Å². The summed E-state index contributed by atoms with van der Waals surface area (Å²) in [5.41, 5.74) is 6.26. The van der Waals surface area contributed by atoms with Gasteiger partial charge in [0.25, 0.3) is 5.69 Å². The number of hydrogen-bond acceptors (Lipinski definition) is 4. The van der Waals surface area contributed by atoms with Crippen LogP contribution in [0.3, 0.4) is 0 Å². The van der Waals surface area contributed by atoms with E-state index in [9.17, 15) is 14.5 Å². The van der Waals surface area contributed by atoms with E-state index in [1.165, 1.54) is 12.1 Å². The highest BCUT2D eigenvalue weighted by atomic mass is 19.1. The molecule has 1 heterocycles. The molecule has 0 radical (unpaired) electrons. The van der Waals surface area contributed by atoms with Crippen LogP contribution in [0.15, 0.2) is 18.2 Å². The molecule has 110 valence electrons. The van der Waals surface area contributed by atoms with Gasteiger partial charge >= 0.3 is 0 Å². The number of piperidine rings is 1. The van der Waals surface area contributed by atoms with Gasteiger partial charge in [0.1, 0.15) is 5.82 Å². The molecule has 6 heteroatoms. The molecule has 1 aliphatic heterocycles. The van der Waals surface area contributed by atoms with E-state index < -0.39 is 10.7 Å². The Hall–Kier alpha value is -1.53. The smallest absolute Gasteiger partial charge is 0.272 e. The first kappa shape index (κ1) is 14.9. The van der Waals surface area contributed by atoms with Crippen molar-refractivity contribution >= 4 is 5.69 Å². The Morgan fingerprint density at radius 1 is 1.55 bits per heavy atom. The molecule has 0 amide bonds. The topological polar surface area (TPSA) is 72.4 Å². The van der Waals surface area contributed by atoms with Crippen LogP contribution in [0.2, 0.25) is 0 Å². The molecule has 1 aliphatic rings. The summed E-state index contributed by atoms with van der Waals surface area (Å²) in [5, 5.41) is 10.6. The number of likely N-dealkylation sites (tertiary alicyclic amines) is 1. The molecule has 2 rings (SSSR count). The standard InChI is InChI=1S/C14H20FN3O2/c1-10(16)14-4-2-3-7-17(14)9-11-5-6-12(18(19)20)8-13(11)15/h5-6,8,10,14H,2-4,7,9,16H2,1H3. The van der Waals surface area contributed by atoms with Crippen molar-refractivity contribution in [3.05, 3.63) is 39.7 Å². The lowest BCUT2D eigenvalue weighted by molar-refractivity contribution is -0.385. The fourth-order valence-corrected chi connectivity index (χ4v) is 2.81. The zero-order chi connectivity index (χ0) is 14.7. The van der Waals surface area contributed by atoms with Crippen LogP contribution in [0.5, 0.6) is 0 Å². The maximum atomic E-state index is 13.9. The fourth-order valence-electron chi connectivity index (χ4n) is 2.81. The molecule has 5 nitrogen and oxygen atoms in total. The van der Waals surface area contributed by atoms with E-state index in [0.29, 0.717) is 12.1 Å². The normalized spacial score (nSPS) is 21.6. The van der Waals surface area contributed by atoms with Gasteiger partial charge < -0.3 is 5.73 Å². The molecule has 0 aliphatic carbocycles. The molecule has 20 heavy (non-hydrogen) atoms. The van der Waals surface area contributed by atoms with Gasteiger partial charge in [-0.1, -0.05) is 6.42 Å². The number of non-ortho nitro benzene ring substituents is 1. The van der Waals surface area contributed by atoms with E-state index in [4.69, 9.17) is 5.73 Å². The number of halogens is 1. The maximum absolute atomic E-state index is 13.9. The number of nitro groups is 1. The first-order valence-corrected chi connectivity index (χ1v) is 6.91. The molecule has 1 saturated heterocycles. The van der Waals surface area contributed by atoms with Crippen molar-refractivity contribution < 1.29 is 9.31 Å². The lowest BCUT2D eigenvalue weighted by Gasteiger charge is -2.38. The highest BCUT2D eigenvalue weighted by Gasteiger charge is 2.26. The molecule has 1 aromatic rings. The van der Waals surface area contributed by atoms with Crippen molar-refractivity contribution in [1.82, 2.24) is 4.90 Å². The Bertz CT molecular complexity index is 493. The van der Waals surface area contributed by atoms with Gasteiger partial charge in [-0.05, 0) is 32.4 Å². The molecular weight excluding hydrogens is 261 g/mol. The summed E-state index contributed by atoms with van der Waals surface area (Å²) in [7, 11) is 0. The van der Waals surface area contributed by atoms with Crippen LogP contribution in [0.1, 0.15) is 31.7 Å². The Morgan fingerprint density at radius 2 is 2.30 bits per heavy atom. The van der Waals surface area contributed by atoms with E-state index in [2.05, 4.69) is 4.90 Å². The third-order valence-corrected chi connectivity index (χ3v) is 3.89. The number of nitro benzene ring substituents is 1. The minimum atomic E-state index is -0.585. The predicted octanol–water partition coefficient (Wildman–Crippen LogP) is 2.44. The molecule has 2 atom stereocenters. The van der Waals surface area contributed by atoms with Crippen LogP contribution in [-0.2, 0) is 6.54 Å². The van der Waals surface area contributed by atoms with Crippen molar-refractivity contribution in [2.24, 2.45) is 5.73 Å². The summed E-state index contributed by atoms with van der Waals surface area (Å²) < 4.78 is 13.9. The summed E-state index contributed by atoms with van der Waals surface area (Å²) in [6.45, 7) is 3.31. The van der Waals surface area contributed by atoms with Crippen LogP contribution in [0.4, 0.5) is 10.1 Å². The number of nitrogens with zero attached hydrogens (tertiary/aromatic N) is 2. The average Bonchev–Trinajstić information content (AvgIpc) is 2.41. The van der Waals surface area contributed by atoms with Gasteiger partial charge in [-0.2, -0.15) is 0 Å². The monoisotopic (exact) mass is 281 g/mol. The van der Waals surface area contributed by atoms with Crippen LogP contribution < -0.4 is 5.73 Å². The largest absolute Gasteiger partial charge is 0.327 e. The molecule has 1 aromatic carbocycles. The SMILES string of the molecule is CC(N)C1CCCCN1Cc1ccc([N+](=O)[O-])cc1F. The quantitative estimate of drug-likeness (QED) is 0.679. The molecule has 0 aromatic heterocycles. The zero-order valence-corrected chi connectivity index (χ0v) is 11.6. The van der Waals surface area contributed by atoms with Crippen molar-refractivity contribution in [1.29, 1.82) is 0 Å². The van der Waals surface area contributed by atoms with E-state index >= 15 is 0 Å². The van der Waals surface area contributed by atoms with Crippen molar-refractivity contribution in [2.75, 3.05) is 6.54 Å². The Kier molecular flexibility index (Phi) is 4.67. The second kappa shape index (κ2) is 6.28. The first-order chi connectivity index (χ1) is 9.49. The minimum absolute atomic E-state index is 0.0383. The van der Waals surface area contributed by atoms with Gasteiger partial charge in [-0.15, -0.1) is 0 Å². The zero-order valence-electron chi connectivity index (χ0n) is 11.6. The second-order valence-corrected chi connectivity index (χ2v) is 5.43. The Labute approximate surface area is 117 Å². The molecule has 2 unspecified atom stereocenters. The highest BCUT2D eigenvalue weighted by Crippen LogP contribution is 2.24. The number of rotatable bonds is 4. The van der Waals surface area contributed by atoms with Crippen molar-refractivity contribution in [3.63, 3.8) is 0 Å². The van der Waals surface area contributed by atoms with Crippen LogP contribution in [0.25, 0.3) is 0 Å². The molecule has 2 N–H and O–H groups in total. The van der Waals surface area contributed by atoms with E-state index in [1.54, 1.807) is 0 Å². The van der Waals surface area contributed by atoms with Gasteiger partial charge in [0.05, 0.1) is 11.0 Å². The van der Waals surface area contributed by atoms with Crippen LogP contribution in [0, 0.1) is 15.9 Å². The highest BCUT2D eigenvalue weighted by molar-refractivity contribution is 5.34. The summed E-state index contributed by atoms with van der Waals surface area (Å²) in [4.78, 5) is 12.2. The molecule has 0 saturated carbocycles. The molecule has 0 spiro atoms. The number of hydrogen-bond donors (Lipinski definition) is 1. The van der Waals surface area contributed by atoms with Gasteiger partial charge in [-0.3, -0.25) is 15.0 Å². The van der Waals surface area contributed by atoms with Gasteiger partial charge in [-0.25, -0.2) is 4.39 Å². The van der Waals surface area contributed by atoms with Gasteiger partial charge in [0.15, 0.2) is 0 Å². The predicted molar refractivity (Wildman–Crippen MR) is 74.8 cm³/mol. The van der Waals surface area contributed by atoms with Gasteiger partial charge in [0.2, 0.25) is 0 Å². The van der Waals surface area contributed by atoms with Gasteiger partial charge in [0, 0.05) is 30.3 Å². The van der Waals surface area contributed by atoms with E-state index in [-0.39, 0.29) is 17.8 Å². The molecule has 0 bridgehead atoms.